The van der Waals surface area contributed by atoms with Crippen LogP contribution in [0.25, 0.3) is 0 Å². The number of hydrogen-bond acceptors (Lipinski definition) is 3. The fourth-order valence-corrected chi connectivity index (χ4v) is 4.65. The molecule has 0 spiro atoms. The molecule has 0 amide bonds. The number of alkyl halides is 7. The van der Waals surface area contributed by atoms with E-state index in [9.17, 15) is 36.2 Å². The van der Waals surface area contributed by atoms with Crippen LogP contribution in [0.2, 0.25) is 0 Å². The molecule has 0 heterocycles. The van der Waals surface area contributed by atoms with Crippen molar-refractivity contribution < 1.29 is 41.0 Å². The molecule has 2 bridgehead atoms. The molecular weight excluding hydrogens is 505 g/mol. The Bertz CT molecular complexity index is 561. The minimum absolute atomic E-state index is 0.00838. The molecule has 3 aliphatic rings. The summed E-state index contributed by atoms with van der Waals surface area (Å²) in [6, 6.07) is 0. The Morgan fingerprint density at radius 3 is 2.07 bits per heavy atom. The Kier molecular flexibility index (Phi) is 6.96. The van der Waals surface area contributed by atoms with E-state index in [4.69, 9.17) is 4.74 Å². The van der Waals surface area contributed by atoms with E-state index in [0.717, 1.165) is 6.42 Å². The van der Waals surface area contributed by atoms with Crippen molar-refractivity contribution >= 4 is 28.6 Å². The van der Waals surface area contributed by atoms with Gasteiger partial charge in [-0.3, -0.25) is 4.79 Å². The number of hydrogen-bond donors (Lipinski definition) is 1. The molecular formula is C18H25F6IO3. The van der Waals surface area contributed by atoms with Crippen LogP contribution in [0.5, 0.6) is 0 Å². The van der Waals surface area contributed by atoms with E-state index < -0.39 is 45.6 Å². The smallest absolute Gasteiger partial charge is 0.426 e. The number of fused-ring (bicyclic) bond motifs is 3. The van der Waals surface area contributed by atoms with Crippen molar-refractivity contribution in [3.63, 3.8) is 0 Å². The van der Waals surface area contributed by atoms with Gasteiger partial charge in [0.05, 0.1) is 6.61 Å². The van der Waals surface area contributed by atoms with Gasteiger partial charge in [0.1, 0.15) is 3.42 Å². The van der Waals surface area contributed by atoms with Crippen molar-refractivity contribution in [2.45, 2.75) is 73.7 Å². The second-order valence-corrected chi connectivity index (χ2v) is 10.7. The fourth-order valence-electron chi connectivity index (χ4n) is 4.50. The first-order chi connectivity index (χ1) is 12.6. The lowest BCUT2D eigenvalue weighted by molar-refractivity contribution is -0.374. The summed E-state index contributed by atoms with van der Waals surface area (Å²) in [6.07, 6.45) is -10.4. The number of halogens is 7. The quantitative estimate of drug-likeness (QED) is 0.216. The van der Waals surface area contributed by atoms with E-state index >= 15 is 0 Å². The van der Waals surface area contributed by atoms with Crippen molar-refractivity contribution in [1.82, 2.24) is 0 Å². The number of carbonyl (C=O) groups excluding carboxylic acids is 1. The summed E-state index contributed by atoms with van der Waals surface area (Å²) in [7, 11) is 0. The topological polar surface area (TPSA) is 46.5 Å². The molecule has 28 heavy (non-hydrogen) atoms. The van der Waals surface area contributed by atoms with E-state index in [-0.39, 0.29) is 24.9 Å². The first kappa shape index (κ1) is 24.0. The average Bonchev–Trinajstić information content (AvgIpc) is 2.58. The third kappa shape index (κ3) is 4.73. The second kappa shape index (κ2) is 8.11. The van der Waals surface area contributed by atoms with Gasteiger partial charge < -0.3 is 9.84 Å². The van der Waals surface area contributed by atoms with Gasteiger partial charge in [-0.15, -0.1) is 0 Å². The first-order valence-electron chi connectivity index (χ1n) is 9.34. The molecule has 0 saturated heterocycles. The number of rotatable bonds is 6. The molecule has 5 atom stereocenters. The van der Waals surface area contributed by atoms with Crippen LogP contribution in [-0.2, 0) is 9.53 Å². The number of ether oxygens (including phenoxy) is 1. The number of carbonyl (C=O) groups is 1. The third-order valence-electron chi connectivity index (χ3n) is 6.41. The van der Waals surface area contributed by atoms with Gasteiger partial charge in [0.15, 0.2) is 0 Å². The van der Waals surface area contributed by atoms with Crippen LogP contribution in [0, 0.1) is 23.7 Å². The molecule has 10 heteroatoms. The van der Waals surface area contributed by atoms with E-state index in [1.165, 1.54) is 0 Å². The van der Waals surface area contributed by atoms with Gasteiger partial charge in [-0.1, -0.05) is 35.9 Å². The minimum Gasteiger partial charge on any atom is -0.464 e. The van der Waals surface area contributed by atoms with Gasteiger partial charge in [0, 0.05) is 0 Å². The molecule has 0 aromatic carbocycles. The number of esters is 1. The van der Waals surface area contributed by atoms with Gasteiger partial charge >= 0.3 is 18.3 Å². The van der Waals surface area contributed by atoms with E-state index in [1.807, 2.05) is 29.5 Å². The summed E-state index contributed by atoms with van der Waals surface area (Å²) in [5.74, 6) is -2.08. The van der Waals surface area contributed by atoms with Crippen LogP contribution in [0.1, 0.15) is 52.4 Å². The van der Waals surface area contributed by atoms with Crippen molar-refractivity contribution in [3.05, 3.63) is 0 Å². The van der Waals surface area contributed by atoms with Crippen molar-refractivity contribution in [2.24, 2.45) is 23.7 Å². The summed E-state index contributed by atoms with van der Waals surface area (Å²) in [5, 5.41) is 9.57. The molecule has 164 valence electrons. The summed E-state index contributed by atoms with van der Waals surface area (Å²) < 4.78 is 83.1. The lowest BCUT2D eigenvalue weighted by Crippen LogP contribution is -2.59. The molecule has 0 radical (unpaired) electrons. The summed E-state index contributed by atoms with van der Waals surface area (Å²) >= 11 is 1.96. The summed E-state index contributed by atoms with van der Waals surface area (Å²) in [4.78, 5) is 12.2. The van der Waals surface area contributed by atoms with Gasteiger partial charge in [0.25, 0.3) is 5.60 Å². The third-order valence-corrected chi connectivity index (χ3v) is 7.61. The highest BCUT2D eigenvalue weighted by atomic mass is 127. The highest BCUT2D eigenvalue weighted by Gasteiger charge is 2.71. The molecule has 3 fully saturated rings. The predicted octanol–water partition coefficient (Wildman–Crippen LogP) is 5.43. The van der Waals surface area contributed by atoms with Crippen molar-refractivity contribution in [1.29, 1.82) is 0 Å². The zero-order chi connectivity index (χ0) is 21.5. The largest absolute Gasteiger partial charge is 0.464 e. The lowest BCUT2D eigenvalue weighted by atomic mass is 9.57. The van der Waals surface area contributed by atoms with E-state index in [0.29, 0.717) is 19.3 Å². The van der Waals surface area contributed by atoms with Crippen LogP contribution < -0.4 is 0 Å². The maximum absolute atomic E-state index is 13.1. The molecule has 3 rings (SSSR count). The molecule has 0 aliphatic heterocycles. The summed E-state index contributed by atoms with van der Waals surface area (Å²) in [6.45, 7) is 3.52. The Hall–Kier alpha value is -0.260. The zero-order valence-corrected chi connectivity index (χ0v) is 17.8. The monoisotopic (exact) mass is 530 g/mol. The average molecular weight is 530 g/mol. The van der Waals surface area contributed by atoms with Gasteiger partial charge in [-0.25, -0.2) is 0 Å². The number of aliphatic hydroxyl groups is 1. The second-order valence-electron chi connectivity index (χ2n) is 8.31. The first-order valence-corrected chi connectivity index (χ1v) is 10.4. The molecule has 5 unspecified atom stereocenters. The zero-order valence-electron chi connectivity index (χ0n) is 15.7. The highest BCUT2D eigenvalue weighted by Crippen LogP contribution is 2.55. The Labute approximate surface area is 173 Å². The Morgan fingerprint density at radius 1 is 1.07 bits per heavy atom. The molecule has 1 N–H and O–H groups in total. The molecule has 3 saturated carbocycles. The summed E-state index contributed by atoms with van der Waals surface area (Å²) in [5.41, 5.74) is -4.72. The predicted molar refractivity (Wildman–Crippen MR) is 97.8 cm³/mol. The van der Waals surface area contributed by atoms with Gasteiger partial charge in [0.2, 0.25) is 0 Å². The SMILES string of the molecule is CCC(C)(I)C(=O)OCC1CC2CCC1C(CC(O)(C(F)(F)F)C(F)(F)F)C2. The van der Waals surface area contributed by atoms with Crippen molar-refractivity contribution in [3.8, 4) is 0 Å². The van der Waals surface area contributed by atoms with Gasteiger partial charge in [-0.05, 0) is 62.7 Å². The molecule has 3 nitrogen and oxygen atoms in total. The maximum Gasteiger partial charge on any atom is 0.426 e. The van der Waals surface area contributed by atoms with E-state index in [1.54, 1.807) is 6.92 Å². The maximum atomic E-state index is 13.1. The van der Waals surface area contributed by atoms with Crippen LogP contribution >= 0.6 is 22.6 Å². The lowest BCUT2D eigenvalue weighted by Gasteiger charge is -2.49. The minimum atomic E-state index is -5.80. The Balaban J connectivity index is 2.12. The highest BCUT2D eigenvalue weighted by molar-refractivity contribution is 14.1. The van der Waals surface area contributed by atoms with Crippen LogP contribution in [0.15, 0.2) is 0 Å². The van der Waals surface area contributed by atoms with Crippen LogP contribution in [0.3, 0.4) is 0 Å². The van der Waals surface area contributed by atoms with Gasteiger partial charge in [-0.2, -0.15) is 26.3 Å². The normalized spacial score (nSPS) is 30.8. The molecule has 3 aliphatic carbocycles. The van der Waals surface area contributed by atoms with Crippen LogP contribution in [0.4, 0.5) is 26.3 Å². The van der Waals surface area contributed by atoms with Crippen molar-refractivity contribution in [2.75, 3.05) is 6.61 Å². The Morgan fingerprint density at radius 2 is 1.61 bits per heavy atom. The standard InChI is InChI=1S/C18H25F6IO3/c1-3-15(2,25)14(26)28-9-12-7-10-4-5-13(12)11(6-10)8-16(27,17(19,20)21)18(22,23)24/h10-13,27H,3-9H2,1-2H3. The van der Waals surface area contributed by atoms with Crippen LogP contribution in [-0.4, -0.2) is 39.1 Å². The molecule has 0 aromatic heterocycles. The van der Waals surface area contributed by atoms with E-state index in [2.05, 4.69) is 0 Å². The fraction of sp³-hybridized carbons (Fsp3) is 0.944. The molecule has 0 aromatic rings.